The summed E-state index contributed by atoms with van der Waals surface area (Å²) in [4.78, 5) is 32.6. The molecule has 1 saturated heterocycles. The van der Waals surface area contributed by atoms with Gasteiger partial charge in [0, 0.05) is 42.9 Å². The highest BCUT2D eigenvalue weighted by Crippen LogP contribution is 2.18. The fourth-order valence-corrected chi connectivity index (χ4v) is 3.29. The molecule has 2 aromatic rings. The zero-order chi connectivity index (χ0) is 14.3. The molecule has 0 spiro atoms. The monoisotopic (exact) mass is 292 g/mol. The summed E-state index contributed by atoms with van der Waals surface area (Å²) >= 11 is 1.47. The number of thiazole rings is 1. The molecule has 1 aliphatic rings. The van der Waals surface area contributed by atoms with Gasteiger partial charge in [-0.1, -0.05) is 0 Å². The van der Waals surface area contributed by atoms with Crippen molar-refractivity contribution in [2.75, 3.05) is 26.2 Å². The Kier molecular flexibility index (Phi) is 3.31. The van der Waals surface area contributed by atoms with E-state index in [0.29, 0.717) is 18.1 Å². The number of amides is 1. The molecule has 0 aromatic carbocycles. The zero-order valence-corrected chi connectivity index (χ0v) is 12.3. The van der Waals surface area contributed by atoms with Crippen molar-refractivity contribution in [2.24, 2.45) is 0 Å². The van der Waals surface area contributed by atoms with E-state index < -0.39 is 0 Å². The number of hydrogen-bond donors (Lipinski definition) is 1. The van der Waals surface area contributed by atoms with Crippen LogP contribution in [0.3, 0.4) is 0 Å². The molecule has 0 bridgehead atoms. The quantitative estimate of drug-likeness (QED) is 0.827. The Morgan fingerprint density at radius 3 is 2.75 bits per heavy atom. The largest absolute Gasteiger partial charge is 0.336 e. The van der Waals surface area contributed by atoms with Crippen LogP contribution in [0.4, 0.5) is 0 Å². The lowest BCUT2D eigenvalue weighted by Crippen LogP contribution is -2.47. The summed E-state index contributed by atoms with van der Waals surface area (Å²) in [5.41, 5.74) is 0.753. The standard InChI is InChI=1S/C13H16N4O2S/c1-8-9(2)20-13-15-7-10(12(19)17(8)13)11(18)16-5-3-14-4-6-16/h7,14H,3-6H2,1-2H3. The van der Waals surface area contributed by atoms with Crippen LogP contribution in [0.1, 0.15) is 20.9 Å². The summed E-state index contributed by atoms with van der Waals surface area (Å²) < 4.78 is 1.54. The number of piperazine rings is 1. The number of hydrogen-bond acceptors (Lipinski definition) is 5. The lowest BCUT2D eigenvalue weighted by atomic mass is 10.2. The lowest BCUT2D eigenvalue weighted by molar-refractivity contribution is 0.0733. The van der Waals surface area contributed by atoms with Crippen LogP contribution in [-0.4, -0.2) is 46.4 Å². The third-order valence-electron chi connectivity index (χ3n) is 3.65. The molecule has 20 heavy (non-hydrogen) atoms. The Bertz CT molecular complexity index is 728. The van der Waals surface area contributed by atoms with Gasteiger partial charge in [0.15, 0.2) is 4.96 Å². The molecule has 1 N–H and O–H groups in total. The molecular formula is C13H16N4O2S. The fourth-order valence-electron chi connectivity index (χ4n) is 2.36. The molecule has 0 atom stereocenters. The van der Waals surface area contributed by atoms with Gasteiger partial charge in [0.25, 0.3) is 11.5 Å². The summed E-state index contributed by atoms with van der Waals surface area (Å²) in [6.45, 7) is 6.61. The average Bonchev–Trinajstić information content (AvgIpc) is 2.75. The van der Waals surface area contributed by atoms with Crippen molar-refractivity contribution < 1.29 is 4.79 Å². The van der Waals surface area contributed by atoms with E-state index in [1.165, 1.54) is 21.9 Å². The molecule has 1 amide bonds. The normalized spacial score (nSPS) is 15.8. The topological polar surface area (TPSA) is 66.7 Å². The summed E-state index contributed by atoms with van der Waals surface area (Å²) in [5.74, 6) is -0.221. The predicted molar refractivity (Wildman–Crippen MR) is 77.6 cm³/mol. The molecule has 106 valence electrons. The summed E-state index contributed by atoms with van der Waals surface area (Å²) in [6, 6.07) is 0. The predicted octanol–water partition coefficient (Wildman–Crippen LogP) is 0.418. The highest BCUT2D eigenvalue weighted by atomic mass is 32.1. The first-order valence-electron chi connectivity index (χ1n) is 6.57. The number of aromatic nitrogens is 2. The van der Waals surface area contributed by atoms with Crippen molar-refractivity contribution in [1.29, 1.82) is 0 Å². The Hall–Kier alpha value is -1.73. The third kappa shape index (κ3) is 2.03. The maximum absolute atomic E-state index is 12.5. The molecule has 0 radical (unpaired) electrons. The number of nitrogens with zero attached hydrogens (tertiary/aromatic N) is 3. The smallest absolute Gasteiger partial charge is 0.271 e. The number of nitrogens with one attached hydrogen (secondary N) is 1. The summed E-state index contributed by atoms with van der Waals surface area (Å²) in [6.07, 6.45) is 1.41. The average molecular weight is 292 g/mol. The van der Waals surface area contributed by atoms with Crippen molar-refractivity contribution in [3.63, 3.8) is 0 Å². The lowest BCUT2D eigenvalue weighted by Gasteiger charge is -2.27. The van der Waals surface area contributed by atoms with Gasteiger partial charge in [-0.2, -0.15) is 0 Å². The van der Waals surface area contributed by atoms with E-state index in [1.54, 1.807) is 4.90 Å². The second kappa shape index (κ2) is 4.99. The van der Waals surface area contributed by atoms with Gasteiger partial charge in [0.05, 0.1) is 0 Å². The Morgan fingerprint density at radius 1 is 1.35 bits per heavy atom. The molecule has 0 aliphatic carbocycles. The second-order valence-electron chi connectivity index (χ2n) is 4.88. The minimum atomic E-state index is -0.264. The van der Waals surface area contributed by atoms with Crippen LogP contribution in [-0.2, 0) is 0 Å². The van der Waals surface area contributed by atoms with Crippen LogP contribution in [0.5, 0.6) is 0 Å². The van der Waals surface area contributed by atoms with E-state index in [-0.39, 0.29) is 17.0 Å². The van der Waals surface area contributed by atoms with Crippen molar-refractivity contribution in [3.05, 3.63) is 32.7 Å². The first-order valence-corrected chi connectivity index (χ1v) is 7.39. The minimum absolute atomic E-state index is 0.158. The highest BCUT2D eigenvalue weighted by Gasteiger charge is 2.22. The fraction of sp³-hybridized carbons (Fsp3) is 0.462. The molecular weight excluding hydrogens is 276 g/mol. The van der Waals surface area contributed by atoms with E-state index in [0.717, 1.165) is 23.7 Å². The van der Waals surface area contributed by atoms with Crippen molar-refractivity contribution >= 4 is 22.2 Å². The van der Waals surface area contributed by atoms with Gasteiger partial charge >= 0.3 is 0 Å². The van der Waals surface area contributed by atoms with E-state index in [4.69, 9.17) is 0 Å². The van der Waals surface area contributed by atoms with E-state index in [2.05, 4.69) is 10.3 Å². The van der Waals surface area contributed by atoms with Gasteiger partial charge in [-0.25, -0.2) is 4.98 Å². The van der Waals surface area contributed by atoms with E-state index >= 15 is 0 Å². The molecule has 3 heterocycles. The molecule has 6 nitrogen and oxygen atoms in total. The molecule has 7 heteroatoms. The Labute approximate surface area is 120 Å². The number of aryl methyl sites for hydroxylation is 2. The van der Waals surface area contributed by atoms with Gasteiger partial charge < -0.3 is 10.2 Å². The number of rotatable bonds is 1. The zero-order valence-electron chi connectivity index (χ0n) is 11.5. The van der Waals surface area contributed by atoms with E-state index in [1.807, 2.05) is 13.8 Å². The molecule has 0 saturated carbocycles. The Balaban J connectivity index is 2.08. The summed E-state index contributed by atoms with van der Waals surface area (Å²) in [7, 11) is 0. The molecule has 1 fully saturated rings. The maximum Gasteiger partial charge on any atom is 0.271 e. The Morgan fingerprint density at radius 2 is 2.05 bits per heavy atom. The van der Waals surface area contributed by atoms with Crippen LogP contribution < -0.4 is 10.9 Å². The van der Waals surface area contributed by atoms with Crippen LogP contribution in [0.2, 0.25) is 0 Å². The van der Waals surface area contributed by atoms with Crippen LogP contribution in [0.25, 0.3) is 4.96 Å². The van der Waals surface area contributed by atoms with Crippen LogP contribution in [0.15, 0.2) is 11.0 Å². The minimum Gasteiger partial charge on any atom is -0.336 e. The molecule has 3 rings (SSSR count). The molecule has 2 aromatic heterocycles. The first kappa shape index (κ1) is 13.3. The highest BCUT2D eigenvalue weighted by molar-refractivity contribution is 7.17. The SMILES string of the molecule is Cc1sc2ncc(C(=O)N3CCNCC3)c(=O)n2c1C. The number of carbonyl (C=O) groups is 1. The van der Waals surface area contributed by atoms with Crippen molar-refractivity contribution in [2.45, 2.75) is 13.8 Å². The van der Waals surface area contributed by atoms with Gasteiger partial charge in [-0.3, -0.25) is 14.0 Å². The van der Waals surface area contributed by atoms with Crippen LogP contribution in [0, 0.1) is 13.8 Å². The van der Waals surface area contributed by atoms with Crippen LogP contribution >= 0.6 is 11.3 Å². The first-order chi connectivity index (χ1) is 9.59. The van der Waals surface area contributed by atoms with Gasteiger partial charge in [-0.15, -0.1) is 11.3 Å². The maximum atomic E-state index is 12.5. The molecule has 1 aliphatic heterocycles. The van der Waals surface area contributed by atoms with Crippen molar-refractivity contribution in [3.8, 4) is 0 Å². The number of fused-ring (bicyclic) bond motifs is 1. The van der Waals surface area contributed by atoms with Crippen molar-refractivity contribution in [1.82, 2.24) is 19.6 Å². The summed E-state index contributed by atoms with van der Waals surface area (Å²) in [5, 5.41) is 3.19. The van der Waals surface area contributed by atoms with E-state index in [9.17, 15) is 9.59 Å². The molecule has 0 unspecified atom stereocenters. The van der Waals surface area contributed by atoms with Gasteiger partial charge in [-0.05, 0) is 13.8 Å². The third-order valence-corrected chi connectivity index (χ3v) is 4.72. The second-order valence-corrected chi connectivity index (χ2v) is 6.06. The number of carbonyl (C=O) groups excluding carboxylic acids is 1. The van der Waals surface area contributed by atoms with Gasteiger partial charge in [0.1, 0.15) is 5.56 Å². The van der Waals surface area contributed by atoms with Gasteiger partial charge in [0.2, 0.25) is 0 Å².